The Morgan fingerprint density at radius 3 is 2.30 bits per heavy atom. The third-order valence-electron chi connectivity index (χ3n) is 6.72. The first-order chi connectivity index (χ1) is 21.4. The summed E-state index contributed by atoms with van der Waals surface area (Å²) in [5, 5.41) is 4.99. The topological polar surface area (TPSA) is 110 Å². The van der Waals surface area contributed by atoms with Gasteiger partial charge in [0.15, 0.2) is 28.8 Å². The molecule has 0 aliphatic heterocycles. The molecule has 5 rings (SSSR count). The Balaban J connectivity index is 1.50. The van der Waals surface area contributed by atoms with Crippen LogP contribution in [0.5, 0.6) is 28.7 Å². The van der Waals surface area contributed by atoms with E-state index in [0.29, 0.717) is 51.9 Å². The molecule has 0 unspecified atom stereocenters. The smallest absolute Gasteiger partial charge is 0.343 e. The van der Waals surface area contributed by atoms with Gasteiger partial charge in [0.2, 0.25) is 5.75 Å². The number of esters is 1. The number of para-hydroxylation sites is 1. The Morgan fingerprint density at radius 1 is 0.864 bits per heavy atom. The molecule has 0 aliphatic carbocycles. The predicted molar refractivity (Wildman–Crippen MR) is 168 cm³/mol. The van der Waals surface area contributed by atoms with Crippen LogP contribution in [0.3, 0.4) is 0 Å². The molecule has 0 amide bonds. The van der Waals surface area contributed by atoms with E-state index >= 15 is 0 Å². The van der Waals surface area contributed by atoms with Crippen molar-refractivity contribution in [3.8, 4) is 40.1 Å². The molecule has 0 saturated heterocycles. The second-order valence-electron chi connectivity index (χ2n) is 9.63. The largest absolute Gasteiger partial charge is 0.493 e. The van der Waals surface area contributed by atoms with Gasteiger partial charge in [-0.25, -0.2) is 9.78 Å². The van der Waals surface area contributed by atoms with Crippen molar-refractivity contribution in [2.45, 2.75) is 13.8 Å². The van der Waals surface area contributed by atoms with E-state index in [9.17, 15) is 9.59 Å². The lowest BCUT2D eigenvalue weighted by atomic mass is 10.1. The highest BCUT2D eigenvalue weighted by molar-refractivity contribution is 5.93. The maximum Gasteiger partial charge on any atom is 0.343 e. The average molecular weight is 594 g/mol. The summed E-state index contributed by atoms with van der Waals surface area (Å²) in [7, 11) is 4.41. The van der Waals surface area contributed by atoms with Crippen LogP contribution in [0.15, 0.2) is 88.8 Å². The average Bonchev–Trinajstić information content (AvgIpc) is 3.04. The van der Waals surface area contributed by atoms with Crippen LogP contribution in [-0.4, -0.2) is 49.8 Å². The van der Waals surface area contributed by atoms with Gasteiger partial charge < -0.3 is 23.7 Å². The van der Waals surface area contributed by atoms with Crippen LogP contribution in [-0.2, 0) is 0 Å². The fourth-order valence-electron chi connectivity index (χ4n) is 4.64. The van der Waals surface area contributed by atoms with E-state index in [4.69, 9.17) is 28.7 Å². The lowest BCUT2D eigenvalue weighted by molar-refractivity contribution is 0.0727. The Kier molecular flexibility index (Phi) is 8.90. The molecule has 0 fully saturated rings. The number of ether oxygens (including phenoxy) is 5. The fraction of sp³-hybridized carbons (Fsp3) is 0.176. The van der Waals surface area contributed by atoms with Crippen LogP contribution in [0.2, 0.25) is 0 Å². The molecular formula is C34H31N3O7. The summed E-state index contributed by atoms with van der Waals surface area (Å²) < 4.78 is 28.8. The number of hydrogen-bond donors (Lipinski definition) is 0. The van der Waals surface area contributed by atoms with Gasteiger partial charge >= 0.3 is 5.97 Å². The number of aromatic nitrogens is 2. The maximum atomic E-state index is 13.5. The SMILES string of the molecule is CCOc1cc(C=Nn2c(-c3cccc(C)c3)nc3ccccc3c2=O)ccc1OC(=O)c1cc(OC)c(OC)c(OC)c1. The number of benzene rings is 4. The van der Waals surface area contributed by atoms with E-state index in [1.165, 1.54) is 44.4 Å². The standard InChI is InChI=1S/C34H31N3O7/c1-6-43-28-17-22(14-15-27(28)44-34(39)24-18-29(40-3)31(42-5)30(19-24)41-4)20-35-37-32(23-11-9-10-21(2)16-23)36-26-13-8-7-12-25(26)33(37)38/h7-20H,6H2,1-5H3. The number of methoxy groups -OCH3 is 3. The summed E-state index contributed by atoms with van der Waals surface area (Å²) in [6, 6.07) is 22.9. The summed E-state index contributed by atoms with van der Waals surface area (Å²) in [6.45, 7) is 4.11. The zero-order valence-electron chi connectivity index (χ0n) is 25.0. The van der Waals surface area contributed by atoms with E-state index in [2.05, 4.69) is 5.10 Å². The molecule has 0 spiro atoms. The van der Waals surface area contributed by atoms with Crippen molar-refractivity contribution in [2.75, 3.05) is 27.9 Å². The van der Waals surface area contributed by atoms with Gasteiger partial charge in [0, 0.05) is 5.56 Å². The van der Waals surface area contributed by atoms with Gasteiger partial charge in [-0.2, -0.15) is 9.78 Å². The molecule has 0 saturated carbocycles. The van der Waals surface area contributed by atoms with Crippen LogP contribution >= 0.6 is 0 Å². The lowest BCUT2D eigenvalue weighted by Crippen LogP contribution is -2.20. The Bertz CT molecular complexity index is 1910. The highest BCUT2D eigenvalue weighted by Crippen LogP contribution is 2.39. The highest BCUT2D eigenvalue weighted by Gasteiger charge is 2.20. The number of carbonyl (C=O) groups is 1. The minimum atomic E-state index is -0.650. The Morgan fingerprint density at radius 2 is 1.61 bits per heavy atom. The normalized spacial score (nSPS) is 11.0. The van der Waals surface area contributed by atoms with E-state index in [1.807, 2.05) is 44.2 Å². The molecule has 0 aliphatic rings. The minimum absolute atomic E-state index is 0.194. The lowest BCUT2D eigenvalue weighted by Gasteiger charge is -2.15. The number of rotatable bonds is 10. The fourth-order valence-corrected chi connectivity index (χ4v) is 4.64. The van der Waals surface area contributed by atoms with Gasteiger partial charge in [-0.05, 0) is 67.9 Å². The monoisotopic (exact) mass is 593 g/mol. The molecule has 0 atom stereocenters. The van der Waals surface area contributed by atoms with Crippen LogP contribution in [0, 0.1) is 6.92 Å². The van der Waals surface area contributed by atoms with E-state index < -0.39 is 5.97 Å². The number of hydrogen-bond acceptors (Lipinski definition) is 9. The van der Waals surface area contributed by atoms with Crippen LogP contribution < -0.4 is 29.2 Å². The second kappa shape index (κ2) is 13.1. The molecule has 4 aromatic carbocycles. The first kappa shape index (κ1) is 29.8. The number of aryl methyl sites for hydroxylation is 1. The Labute approximate surface area is 254 Å². The zero-order valence-corrected chi connectivity index (χ0v) is 25.0. The van der Waals surface area contributed by atoms with Crippen molar-refractivity contribution in [3.05, 3.63) is 106 Å². The summed E-state index contributed by atoms with van der Waals surface area (Å²) in [4.78, 5) is 31.4. The predicted octanol–water partition coefficient (Wildman–Crippen LogP) is 5.90. The van der Waals surface area contributed by atoms with Gasteiger partial charge in [0.1, 0.15) is 0 Å². The molecule has 5 aromatic rings. The van der Waals surface area contributed by atoms with Gasteiger partial charge in [-0.1, -0.05) is 35.9 Å². The van der Waals surface area contributed by atoms with Crippen molar-refractivity contribution in [3.63, 3.8) is 0 Å². The van der Waals surface area contributed by atoms with Crippen molar-refractivity contribution in [2.24, 2.45) is 5.10 Å². The van der Waals surface area contributed by atoms with Gasteiger partial charge in [-0.3, -0.25) is 4.79 Å². The minimum Gasteiger partial charge on any atom is -0.493 e. The molecule has 0 N–H and O–H groups in total. The molecular weight excluding hydrogens is 562 g/mol. The first-order valence-corrected chi connectivity index (χ1v) is 13.8. The van der Waals surface area contributed by atoms with Crippen molar-refractivity contribution >= 4 is 23.1 Å². The number of fused-ring (bicyclic) bond motifs is 1. The molecule has 1 heterocycles. The highest BCUT2D eigenvalue weighted by atomic mass is 16.6. The van der Waals surface area contributed by atoms with E-state index in [1.54, 1.807) is 36.4 Å². The third-order valence-corrected chi connectivity index (χ3v) is 6.72. The second-order valence-corrected chi connectivity index (χ2v) is 9.63. The molecule has 10 heteroatoms. The zero-order chi connectivity index (χ0) is 31.2. The summed E-state index contributed by atoms with van der Waals surface area (Å²) in [5.74, 6) is 1.28. The Hall–Kier alpha value is -5.64. The molecule has 1 aromatic heterocycles. The van der Waals surface area contributed by atoms with Crippen LogP contribution in [0.25, 0.3) is 22.3 Å². The van der Waals surface area contributed by atoms with Crippen molar-refractivity contribution in [1.29, 1.82) is 0 Å². The first-order valence-electron chi connectivity index (χ1n) is 13.8. The van der Waals surface area contributed by atoms with Crippen molar-refractivity contribution in [1.82, 2.24) is 9.66 Å². The van der Waals surface area contributed by atoms with Crippen LogP contribution in [0.4, 0.5) is 0 Å². The van der Waals surface area contributed by atoms with Crippen molar-refractivity contribution < 1.29 is 28.5 Å². The number of nitrogens with zero attached hydrogens (tertiary/aromatic N) is 3. The summed E-state index contributed by atoms with van der Waals surface area (Å²) in [6.07, 6.45) is 1.53. The van der Waals surface area contributed by atoms with Gasteiger partial charge in [-0.15, -0.1) is 0 Å². The van der Waals surface area contributed by atoms with Gasteiger partial charge in [0.25, 0.3) is 5.56 Å². The van der Waals surface area contributed by atoms with Crippen LogP contribution in [0.1, 0.15) is 28.4 Å². The molecule has 10 nitrogen and oxygen atoms in total. The third kappa shape index (κ3) is 6.10. The quantitative estimate of drug-likeness (QED) is 0.112. The molecule has 0 radical (unpaired) electrons. The molecule has 0 bridgehead atoms. The molecule has 44 heavy (non-hydrogen) atoms. The molecule has 224 valence electrons. The van der Waals surface area contributed by atoms with E-state index in [-0.39, 0.29) is 16.9 Å². The maximum absolute atomic E-state index is 13.5. The summed E-state index contributed by atoms with van der Waals surface area (Å²) >= 11 is 0. The number of carbonyl (C=O) groups excluding carboxylic acids is 1. The summed E-state index contributed by atoms with van der Waals surface area (Å²) in [5.41, 5.74) is 2.87. The van der Waals surface area contributed by atoms with Gasteiger partial charge in [0.05, 0.1) is 50.6 Å². The van der Waals surface area contributed by atoms with E-state index in [0.717, 1.165) is 11.1 Å².